The summed E-state index contributed by atoms with van der Waals surface area (Å²) in [5.41, 5.74) is 3.11. The van der Waals surface area contributed by atoms with Gasteiger partial charge in [-0.3, -0.25) is 4.79 Å². The SMILES string of the molecule is C=CCOc1cccc(C=C2C(=O)Nc3cc(Cl)ccc32)c1. The second-order valence-corrected chi connectivity index (χ2v) is 5.31. The maximum absolute atomic E-state index is 12.1. The summed E-state index contributed by atoms with van der Waals surface area (Å²) in [6.07, 6.45) is 3.53. The molecule has 1 heterocycles. The van der Waals surface area contributed by atoms with Gasteiger partial charge in [-0.15, -0.1) is 0 Å². The van der Waals surface area contributed by atoms with Crippen LogP contribution in [0.5, 0.6) is 5.75 Å². The minimum absolute atomic E-state index is 0.130. The molecule has 4 heteroatoms. The molecule has 0 unspecified atom stereocenters. The number of carbonyl (C=O) groups excluding carboxylic acids is 1. The highest BCUT2D eigenvalue weighted by atomic mass is 35.5. The van der Waals surface area contributed by atoms with Gasteiger partial charge in [-0.05, 0) is 35.9 Å². The van der Waals surface area contributed by atoms with Crippen molar-refractivity contribution >= 4 is 34.8 Å². The van der Waals surface area contributed by atoms with Gasteiger partial charge in [0, 0.05) is 16.2 Å². The molecule has 3 nitrogen and oxygen atoms in total. The van der Waals surface area contributed by atoms with Gasteiger partial charge in [0.2, 0.25) is 0 Å². The summed E-state index contributed by atoms with van der Waals surface area (Å²) in [7, 11) is 0. The number of hydrogen-bond donors (Lipinski definition) is 1. The standard InChI is InChI=1S/C18H14ClNO2/c1-2-8-22-14-5-3-4-12(9-14)10-16-15-7-6-13(19)11-17(15)20-18(16)21/h2-7,9-11H,1,8H2,(H,20,21). The molecule has 1 N–H and O–H groups in total. The normalized spacial score (nSPS) is 14.6. The van der Waals surface area contributed by atoms with Crippen molar-refractivity contribution in [1.82, 2.24) is 0 Å². The molecule has 0 spiro atoms. The Hall–Kier alpha value is -2.52. The second kappa shape index (κ2) is 6.08. The number of amides is 1. The van der Waals surface area contributed by atoms with Gasteiger partial charge in [0.15, 0.2) is 0 Å². The highest BCUT2D eigenvalue weighted by Gasteiger charge is 2.24. The molecule has 1 aliphatic heterocycles. The van der Waals surface area contributed by atoms with Crippen LogP contribution in [-0.2, 0) is 4.79 Å². The molecule has 1 amide bonds. The fourth-order valence-electron chi connectivity index (χ4n) is 2.33. The van der Waals surface area contributed by atoms with Crippen molar-refractivity contribution in [3.05, 3.63) is 71.3 Å². The molecule has 1 aliphatic rings. The lowest BCUT2D eigenvalue weighted by Crippen LogP contribution is -2.03. The summed E-state index contributed by atoms with van der Waals surface area (Å²) >= 11 is 5.95. The minimum Gasteiger partial charge on any atom is -0.490 e. The quantitative estimate of drug-likeness (QED) is 0.671. The number of rotatable bonds is 4. The number of anilines is 1. The summed E-state index contributed by atoms with van der Waals surface area (Å²) in [5, 5.41) is 3.42. The monoisotopic (exact) mass is 311 g/mol. The maximum atomic E-state index is 12.1. The van der Waals surface area contributed by atoms with Crippen LogP contribution < -0.4 is 10.1 Å². The number of nitrogens with one attached hydrogen (secondary N) is 1. The largest absolute Gasteiger partial charge is 0.490 e. The van der Waals surface area contributed by atoms with E-state index in [0.29, 0.717) is 17.2 Å². The van der Waals surface area contributed by atoms with E-state index in [0.717, 1.165) is 22.6 Å². The Morgan fingerprint density at radius 2 is 2.09 bits per heavy atom. The average molecular weight is 312 g/mol. The van der Waals surface area contributed by atoms with E-state index < -0.39 is 0 Å². The molecule has 0 saturated heterocycles. The van der Waals surface area contributed by atoms with E-state index in [1.807, 2.05) is 36.4 Å². The van der Waals surface area contributed by atoms with Crippen molar-refractivity contribution in [2.75, 3.05) is 11.9 Å². The van der Waals surface area contributed by atoms with Gasteiger partial charge in [-0.2, -0.15) is 0 Å². The number of benzene rings is 2. The zero-order valence-corrected chi connectivity index (χ0v) is 12.6. The Labute approximate surface area is 133 Å². The molecule has 0 radical (unpaired) electrons. The van der Waals surface area contributed by atoms with Crippen molar-refractivity contribution in [2.45, 2.75) is 0 Å². The third kappa shape index (κ3) is 2.90. The van der Waals surface area contributed by atoms with Crippen molar-refractivity contribution in [3.8, 4) is 5.75 Å². The molecule has 0 fully saturated rings. The van der Waals surface area contributed by atoms with E-state index >= 15 is 0 Å². The Morgan fingerprint density at radius 1 is 1.23 bits per heavy atom. The van der Waals surface area contributed by atoms with Crippen LogP contribution in [0, 0.1) is 0 Å². The first-order valence-electron chi connectivity index (χ1n) is 6.84. The number of carbonyl (C=O) groups is 1. The number of hydrogen-bond acceptors (Lipinski definition) is 2. The van der Waals surface area contributed by atoms with Gasteiger partial charge < -0.3 is 10.1 Å². The van der Waals surface area contributed by atoms with Crippen LogP contribution in [0.1, 0.15) is 11.1 Å². The van der Waals surface area contributed by atoms with E-state index in [-0.39, 0.29) is 5.91 Å². The van der Waals surface area contributed by atoms with Gasteiger partial charge in [0.05, 0.1) is 5.69 Å². The zero-order valence-electron chi connectivity index (χ0n) is 11.8. The van der Waals surface area contributed by atoms with Crippen molar-refractivity contribution < 1.29 is 9.53 Å². The topological polar surface area (TPSA) is 38.3 Å². The van der Waals surface area contributed by atoms with Gasteiger partial charge in [-0.1, -0.05) is 42.5 Å². The molecule has 0 bridgehead atoms. The van der Waals surface area contributed by atoms with Crippen molar-refractivity contribution in [2.24, 2.45) is 0 Å². The lowest BCUT2D eigenvalue weighted by molar-refractivity contribution is -0.110. The summed E-state index contributed by atoms with van der Waals surface area (Å²) in [4.78, 5) is 12.1. The third-order valence-electron chi connectivity index (χ3n) is 3.30. The highest BCUT2D eigenvalue weighted by molar-refractivity contribution is 6.36. The Kier molecular flexibility index (Phi) is 3.98. The van der Waals surface area contributed by atoms with Crippen LogP contribution in [0.4, 0.5) is 5.69 Å². The van der Waals surface area contributed by atoms with E-state index in [1.165, 1.54) is 0 Å². The Morgan fingerprint density at radius 3 is 2.91 bits per heavy atom. The minimum atomic E-state index is -0.130. The van der Waals surface area contributed by atoms with Crippen LogP contribution in [0.15, 0.2) is 55.1 Å². The smallest absolute Gasteiger partial charge is 0.256 e. The second-order valence-electron chi connectivity index (χ2n) is 4.87. The lowest BCUT2D eigenvalue weighted by Gasteiger charge is -2.04. The average Bonchev–Trinajstić information content (AvgIpc) is 2.81. The zero-order chi connectivity index (χ0) is 15.5. The van der Waals surface area contributed by atoms with E-state index in [9.17, 15) is 4.79 Å². The van der Waals surface area contributed by atoms with Gasteiger partial charge in [0.1, 0.15) is 12.4 Å². The third-order valence-corrected chi connectivity index (χ3v) is 3.54. The Balaban J connectivity index is 1.96. The molecule has 0 atom stereocenters. The molecule has 22 heavy (non-hydrogen) atoms. The van der Waals surface area contributed by atoms with Gasteiger partial charge in [-0.25, -0.2) is 0 Å². The summed E-state index contributed by atoms with van der Waals surface area (Å²) in [6.45, 7) is 4.07. The molecule has 2 aromatic rings. The summed E-state index contributed by atoms with van der Waals surface area (Å²) in [5.74, 6) is 0.610. The molecule has 0 aromatic heterocycles. The fraction of sp³-hybridized carbons (Fsp3) is 0.0556. The van der Waals surface area contributed by atoms with E-state index in [2.05, 4.69) is 11.9 Å². The molecule has 2 aromatic carbocycles. The Bertz CT molecular complexity index is 780. The lowest BCUT2D eigenvalue weighted by atomic mass is 10.0. The first-order chi connectivity index (χ1) is 10.7. The van der Waals surface area contributed by atoms with Crippen molar-refractivity contribution in [1.29, 1.82) is 0 Å². The molecule has 0 aliphatic carbocycles. The predicted octanol–water partition coefficient (Wildman–Crippen LogP) is 4.40. The number of fused-ring (bicyclic) bond motifs is 1. The van der Waals surface area contributed by atoms with Crippen LogP contribution >= 0.6 is 11.6 Å². The van der Waals surface area contributed by atoms with Crippen LogP contribution in [0.3, 0.4) is 0 Å². The van der Waals surface area contributed by atoms with Crippen LogP contribution in [0.25, 0.3) is 11.6 Å². The fourth-order valence-corrected chi connectivity index (χ4v) is 2.50. The molecular formula is C18H14ClNO2. The maximum Gasteiger partial charge on any atom is 0.256 e. The molecule has 110 valence electrons. The first kappa shape index (κ1) is 14.4. The van der Waals surface area contributed by atoms with E-state index in [4.69, 9.17) is 16.3 Å². The van der Waals surface area contributed by atoms with Crippen LogP contribution in [-0.4, -0.2) is 12.5 Å². The van der Waals surface area contributed by atoms with Crippen molar-refractivity contribution in [3.63, 3.8) is 0 Å². The van der Waals surface area contributed by atoms with Gasteiger partial charge in [0.25, 0.3) is 5.91 Å². The summed E-state index contributed by atoms with van der Waals surface area (Å²) < 4.78 is 5.51. The molecular weight excluding hydrogens is 298 g/mol. The molecule has 3 rings (SSSR count). The number of ether oxygens (including phenoxy) is 1. The first-order valence-corrected chi connectivity index (χ1v) is 7.22. The molecule has 0 saturated carbocycles. The number of halogens is 1. The van der Waals surface area contributed by atoms with Gasteiger partial charge >= 0.3 is 0 Å². The van der Waals surface area contributed by atoms with Crippen LogP contribution in [0.2, 0.25) is 5.02 Å². The predicted molar refractivity (Wildman–Crippen MR) is 90.1 cm³/mol. The summed E-state index contributed by atoms with van der Waals surface area (Å²) in [6, 6.07) is 12.9. The van der Waals surface area contributed by atoms with E-state index in [1.54, 1.807) is 18.2 Å². The highest BCUT2D eigenvalue weighted by Crippen LogP contribution is 2.35.